The number of nitrogen functional groups attached to an aromatic ring is 1. The Morgan fingerprint density at radius 1 is 1.12 bits per heavy atom. The highest BCUT2D eigenvalue weighted by Gasteiger charge is 2.05. The molecule has 0 spiro atoms. The minimum absolute atomic E-state index is 0.131. The SMILES string of the molecule is CC(Nc1ccc(Cl)nn1)c1ccc(N)cc1. The molecule has 1 heterocycles. The van der Waals surface area contributed by atoms with Gasteiger partial charge in [-0.15, -0.1) is 10.2 Å². The average Bonchev–Trinajstić information content (AvgIpc) is 2.33. The van der Waals surface area contributed by atoms with Crippen molar-refractivity contribution in [2.45, 2.75) is 13.0 Å². The van der Waals surface area contributed by atoms with Gasteiger partial charge < -0.3 is 11.1 Å². The molecule has 5 heteroatoms. The zero-order chi connectivity index (χ0) is 12.3. The van der Waals surface area contributed by atoms with Crippen LogP contribution < -0.4 is 11.1 Å². The molecule has 88 valence electrons. The lowest BCUT2D eigenvalue weighted by Gasteiger charge is -2.14. The van der Waals surface area contributed by atoms with Crippen molar-refractivity contribution >= 4 is 23.1 Å². The highest BCUT2D eigenvalue weighted by molar-refractivity contribution is 6.29. The van der Waals surface area contributed by atoms with Crippen LogP contribution in [0, 0.1) is 0 Å². The molecule has 0 aliphatic heterocycles. The van der Waals surface area contributed by atoms with Crippen LogP contribution in [0.5, 0.6) is 0 Å². The van der Waals surface area contributed by atoms with Crippen LogP contribution in [0.15, 0.2) is 36.4 Å². The molecule has 1 aromatic carbocycles. The number of hydrogen-bond donors (Lipinski definition) is 2. The summed E-state index contributed by atoms with van der Waals surface area (Å²) in [6, 6.07) is 11.3. The molecule has 1 aromatic heterocycles. The van der Waals surface area contributed by atoms with Gasteiger partial charge in [0.25, 0.3) is 0 Å². The predicted molar refractivity (Wildman–Crippen MR) is 69.9 cm³/mol. The van der Waals surface area contributed by atoms with Crippen molar-refractivity contribution in [3.05, 3.63) is 47.1 Å². The molecule has 0 saturated heterocycles. The third-order valence-electron chi connectivity index (χ3n) is 2.43. The highest BCUT2D eigenvalue weighted by Crippen LogP contribution is 2.18. The Labute approximate surface area is 105 Å². The lowest BCUT2D eigenvalue weighted by atomic mass is 10.1. The van der Waals surface area contributed by atoms with Gasteiger partial charge in [0.1, 0.15) is 5.82 Å². The Kier molecular flexibility index (Phi) is 3.44. The summed E-state index contributed by atoms with van der Waals surface area (Å²) in [6.45, 7) is 2.04. The molecule has 17 heavy (non-hydrogen) atoms. The maximum absolute atomic E-state index is 5.67. The molecule has 4 nitrogen and oxygen atoms in total. The van der Waals surface area contributed by atoms with Crippen LogP contribution in [-0.4, -0.2) is 10.2 Å². The number of nitrogens with one attached hydrogen (secondary N) is 1. The molecule has 1 atom stereocenters. The second-order valence-electron chi connectivity index (χ2n) is 3.77. The molecule has 2 aromatic rings. The fourth-order valence-electron chi connectivity index (χ4n) is 1.48. The van der Waals surface area contributed by atoms with E-state index in [0.29, 0.717) is 11.0 Å². The Balaban J connectivity index is 2.08. The quantitative estimate of drug-likeness (QED) is 0.820. The molecular formula is C12H13ClN4. The first-order valence-corrected chi connectivity index (χ1v) is 5.64. The molecule has 3 N–H and O–H groups in total. The van der Waals surface area contributed by atoms with Gasteiger partial charge in [0.15, 0.2) is 5.15 Å². The second-order valence-corrected chi connectivity index (χ2v) is 4.16. The van der Waals surface area contributed by atoms with Gasteiger partial charge in [0.05, 0.1) is 6.04 Å². The van der Waals surface area contributed by atoms with E-state index >= 15 is 0 Å². The third kappa shape index (κ3) is 3.07. The van der Waals surface area contributed by atoms with E-state index in [1.54, 1.807) is 12.1 Å². The number of aromatic nitrogens is 2. The molecule has 0 saturated carbocycles. The second kappa shape index (κ2) is 5.01. The molecular weight excluding hydrogens is 236 g/mol. The van der Waals surface area contributed by atoms with E-state index < -0.39 is 0 Å². The molecule has 0 radical (unpaired) electrons. The van der Waals surface area contributed by atoms with E-state index in [2.05, 4.69) is 15.5 Å². The summed E-state index contributed by atoms with van der Waals surface area (Å²) < 4.78 is 0. The maximum Gasteiger partial charge on any atom is 0.151 e. The first-order chi connectivity index (χ1) is 8.15. The zero-order valence-corrected chi connectivity index (χ0v) is 10.1. The number of halogens is 1. The van der Waals surface area contributed by atoms with E-state index in [4.69, 9.17) is 17.3 Å². The van der Waals surface area contributed by atoms with Crippen molar-refractivity contribution in [2.75, 3.05) is 11.1 Å². The molecule has 0 aliphatic rings. The maximum atomic E-state index is 5.67. The monoisotopic (exact) mass is 248 g/mol. The van der Waals surface area contributed by atoms with Crippen LogP contribution in [0.1, 0.15) is 18.5 Å². The van der Waals surface area contributed by atoms with Crippen molar-refractivity contribution in [3.8, 4) is 0 Å². The summed E-state index contributed by atoms with van der Waals surface area (Å²) in [5.74, 6) is 0.693. The largest absolute Gasteiger partial charge is 0.399 e. The fraction of sp³-hybridized carbons (Fsp3) is 0.167. The summed E-state index contributed by atoms with van der Waals surface area (Å²) in [6.07, 6.45) is 0. The average molecular weight is 249 g/mol. The van der Waals surface area contributed by atoms with Crippen molar-refractivity contribution in [1.82, 2.24) is 10.2 Å². The molecule has 0 aliphatic carbocycles. The van der Waals surface area contributed by atoms with E-state index in [0.717, 1.165) is 11.3 Å². The van der Waals surface area contributed by atoms with E-state index in [-0.39, 0.29) is 6.04 Å². The van der Waals surface area contributed by atoms with Crippen molar-refractivity contribution in [3.63, 3.8) is 0 Å². The number of hydrogen-bond acceptors (Lipinski definition) is 4. The van der Waals surface area contributed by atoms with Crippen LogP contribution in [-0.2, 0) is 0 Å². The number of rotatable bonds is 3. The first kappa shape index (κ1) is 11.7. The topological polar surface area (TPSA) is 63.8 Å². The fourth-order valence-corrected chi connectivity index (χ4v) is 1.58. The Hall–Kier alpha value is -1.81. The third-order valence-corrected chi connectivity index (χ3v) is 2.63. The van der Waals surface area contributed by atoms with Crippen LogP contribution >= 0.6 is 11.6 Å². The van der Waals surface area contributed by atoms with Gasteiger partial charge >= 0.3 is 0 Å². The van der Waals surface area contributed by atoms with Gasteiger partial charge in [-0.05, 0) is 36.8 Å². The molecule has 1 unspecified atom stereocenters. The summed E-state index contributed by atoms with van der Waals surface area (Å²) in [5.41, 5.74) is 7.53. The summed E-state index contributed by atoms with van der Waals surface area (Å²) >= 11 is 5.67. The minimum atomic E-state index is 0.131. The zero-order valence-electron chi connectivity index (χ0n) is 9.39. The lowest BCUT2D eigenvalue weighted by Crippen LogP contribution is -2.08. The number of nitrogens with two attached hydrogens (primary N) is 1. The van der Waals surface area contributed by atoms with Crippen LogP contribution in [0.3, 0.4) is 0 Å². The van der Waals surface area contributed by atoms with Crippen molar-refractivity contribution in [2.24, 2.45) is 0 Å². The number of nitrogens with zero attached hydrogens (tertiary/aromatic N) is 2. The van der Waals surface area contributed by atoms with E-state index in [1.165, 1.54) is 0 Å². The lowest BCUT2D eigenvalue weighted by molar-refractivity contribution is 0.861. The first-order valence-electron chi connectivity index (χ1n) is 5.26. The van der Waals surface area contributed by atoms with Gasteiger partial charge in [-0.1, -0.05) is 23.7 Å². The molecule has 2 rings (SSSR count). The molecule has 0 amide bonds. The van der Waals surface area contributed by atoms with Gasteiger partial charge in [0, 0.05) is 5.69 Å². The summed E-state index contributed by atoms with van der Waals surface area (Å²) in [4.78, 5) is 0. The highest BCUT2D eigenvalue weighted by atomic mass is 35.5. The van der Waals surface area contributed by atoms with E-state index in [1.807, 2.05) is 31.2 Å². The smallest absolute Gasteiger partial charge is 0.151 e. The van der Waals surface area contributed by atoms with Gasteiger partial charge in [-0.2, -0.15) is 0 Å². The van der Waals surface area contributed by atoms with Crippen molar-refractivity contribution in [1.29, 1.82) is 0 Å². The van der Waals surface area contributed by atoms with Gasteiger partial charge in [0.2, 0.25) is 0 Å². The molecule has 0 fully saturated rings. The minimum Gasteiger partial charge on any atom is -0.399 e. The van der Waals surface area contributed by atoms with Crippen LogP contribution in [0.4, 0.5) is 11.5 Å². The van der Waals surface area contributed by atoms with E-state index in [9.17, 15) is 0 Å². The summed E-state index contributed by atoms with van der Waals surface area (Å²) in [7, 11) is 0. The van der Waals surface area contributed by atoms with Gasteiger partial charge in [-0.25, -0.2) is 0 Å². The molecule has 0 bridgehead atoms. The Morgan fingerprint density at radius 2 is 1.82 bits per heavy atom. The van der Waals surface area contributed by atoms with Crippen LogP contribution in [0.25, 0.3) is 0 Å². The van der Waals surface area contributed by atoms with Crippen LogP contribution in [0.2, 0.25) is 5.15 Å². The normalized spacial score (nSPS) is 12.1. The Bertz CT molecular complexity index is 481. The number of anilines is 2. The van der Waals surface area contributed by atoms with Crippen molar-refractivity contribution < 1.29 is 0 Å². The standard InChI is InChI=1S/C12H13ClN4/c1-8(9-2-4-10(14)5-3-9)15-12-7-6-11(13)16-17-12/h2-8H,14H2,1H3,(H,15,17). The Morgan fingerprint density at radius 3 is 2.41 bits per heavy atom. The number of benzene rings is 1. The summed E-state index contributed by atoms with van der Waals surface area (Å²) in [5, 5.41) is 11.3. The predicted octanol–water partition coefficient (Wildman–Crippen LogP) is 2.89. The van der Waals surface area contributed by atoms with Gasteiger partial charge in [-0.3, -0.25) is 0 Å².